The Morgan fingerprint density at radius 2 is 2.26 bits per heavy atom. The quantitative estimate of drug-likeness (QED) is 0.761. The zero-order valence-electron chi connectivity index (χ0n) is 10.5. The van der Waals surface area contributed by atoms with E-state index in [1.54, 1.807) is 12.1 Å². The molecular weight excluding hydrogens is 265 g/mol. The summed E-state index contributed by atoms with van der Waals surface area (Å²) in [6.45, 7) is 0. The first-order chi connectivity index (χ1) is 9.16. The number of carbonyl (C=O) groups is 1. The molecule has 1 aromatic rings. The van der Waals surface area contributed by atoms with E-state index in [9.17, 15) is 9.18 Å². The Bertz CT molecular complexity index is 523. The van der Waals surface area contributed by atoms with Crippen LogP contribution in [0.25, 0.3) is 0 Å². The van der Waals surface area contributed by atoms with Crippen LogP contribution in [-0.4, -0.2) is 22.9 Å². The van der Waals surface area contributed by atoms with E-state index >= 15 is 0 Å². The van der Waals surface area contributed by atoms with Gasteiger partial charge in [-0.15, -0.1) is 0 Å². The van der Waals surface area contributed by atoms with Crippen LogP contribution < -0.4 is 0 Å². The maximum absolute atomic E-state index is 13.7. The second kappa shape index (κ2) is 4.97. The van der Waals surface area contributed by atoms with E-state index in [1.165, 1.54) is 6.07 Å². The lowest BCUT2D eigenvalue weighted by Gasteiger charge is -2.31. The summed E-state index contributed by atoms with van der Waals surface area (Å²) in [7, 11) is 0. The molecule has 2 bridgehead atoms. The first kappa shape index (κ1) is 12.7. The van der Waals surface area contributed by atoms with Crippen molar-refractivity contribution in [3.8, 4) is 0 Å². The number of halogens is 2. The number of rotatable bonds is 2. The molecular formula is C15H15ClFNO. The molecule has 3 rings (SSSR count). The normalized spacial score (nSPS) is 24.8. The average molecular weight is 280 g/mol. The SMILES string of the molecule is O=C(Cc1c(F)cccc1Cl)N1C2C=CCC1CC2. The van der Waals surface area contributed by atoms with E-state index in [4.69, 9.17) is 11.6 Å². The predicted molar refractivity (Wildman–Crippen MR) is 72.5 cm³/mol. The molecule has 19 heavy (non-hydrogen) atoms. The molecule has 2 aliphatic rings. The molecule has 0 saturated carbocycles. The van der Waals surface area contributed by atoms with Crippen molar-refractivity contribution in [1.29, 1.82) is 0 Å². The first-order valence-electron chi connectivity index (χ1n) is 6.57. The van der Waals surface area contributed by atoms with Crippen molar-refractivity contribution >= 4 is 17.5 Å². The van der Waals surface area contributed by atoms with Crippen LogP contribution >= 0.6 is 11.6 Å². The van der Waals surface area contributed by atoms with Gasteiger partial charge in [-0.1, -0.05) is 29.8 Å². The molecule has 1 fully saturated rings. The molecule has 2 unspecified atom stereocenters. The van der Waals surface area contributed by atoms with Crippen molar-refractivity contribution < 1.29 is 9.18 Å². The third-order valence-corrected chi connectivity index (χ3v) is 4.34. The minimum atomic E-state index is -0.402. The second-order valence-electron chi connectivity index (χ2n) is 5.14. The van der Waals surface area contributed by atoms with E-state index in [0.717, 1.165) is 19.3 Å². The van der Waals surface area contributed by atoms with Gasteiger partial charge in [-0.2, -0.15) is 0 Å². The summed E-state index contributed by atoms with van der Waals surface area (Å²) >= 11 is 5.98. The Labute approximate surface area is 116 Å². The molecule has 4 heteroatoms. The van der Waals surface area contributed by atoms with Crippen molar-refractivity contribution in [2.45, 2.75) is 37.8 Å². The minimum absolute atomic E-state index is 0.0242. The van der Waals surface area contributed by atoms with Gasteiger partial charge >= 0.3 is 0 Å². The van der Waals surface area contributed by atoms with Crippen LogP contribution in [0.1, 0.15) is 24.8 Å². The molecule has 2 nitrogen and oxygen atoms in total. The fourth-order valence-corrected chi connectivity index (χ4v) is 3.29. The lowest BCUT2D eigenvalue weighted by atomic mass is 10.1. The lowest BCUT2D eigenvalue weighted by Crippen LogP contribution is -2.43. The molecule has 0 N–H and O–H groups in total. The topological polar surface area (TPSA) is 20.3 Å². The minimum Gasteiger partial charge on any atom is -0.333 e. The Hall–Kier alpha value is -1.35. The van der Waals surface area contributed by atoms with Crippen molar-refractivity contribution in [2.75, 3.05) is 0 Å². The molecule has 1 aromatic carbocycles. The largest absolute Gasteiger partial charge is 0.333 e. The van der Waals surface area contributed by atoms with Gasteiger partial charge in [0.05, 0.1) is 12.5 Å². The van der Waals surface area contributed by atoms with Crippen LogP contribution in [0.2, 0.25) is 5.02 Å². The zero-order chi connectivity index (χ0) is 13.4. The summed E-state index contributed by atoms with van der Waals surface area (Å²) < 4.78 is 13.7. The van der Waals surface area contributed by atoms with Crippen molar-refractivity contribution in [3.63, 3.8) is 0 Å². The van der Waals surface area contributed by atoms with Crippen molar-refractivity contribution in [2.24, 2.45) is 0 Å². The van der Waals surface area contributed by atoms with E-state index in [1.807, 2.05) is 4.90 Å². The first-order valence-corrected chi connectivity index (χ1v) is 6.95. The number of carbonyl (C=O) groups excluding carboxylic acids is 1. The molecule has 0 spiro atoms. The number of benzene rings is 1. The van der Waals surface area contributed by atoms with Gasteiger partial charge in [0.25, 0.3) is 0 Å². The number of hydrogen-bond acceptors (Lipinski definition) is 1. The van der Waals surface area contributed by atoms with Crippen LogP contribution in [0.5, 0.6) is 0 Å². The fraction of sp³-hybridized carbons (Fsp3) is 0.400. The van der Waals surface area contributed by atoms with Gasteiger partial charge in [-0.05, 0) is 31.4 Å². The van der Waals surface area contributed by atoms with E-state index in [-0.39, 0.29) is 24.4 Å². The van der Waals surface area contributed by atoms with E-state index in [0.29, 0.717) is 10.6 Å². The summed E-state index contributed by atoms with van der Waals surface area (Å²) in [5.41, 5.74) is 0.308. The van der Waals surface area contributed by atoms with Gasteiger partial charge in [0, 0.05) is 16.6 Å². The van der Waals surface area contributed by atoms with Gasteiger partial charge in [0.1, 0.15) is 5.82 Å². The van der Waals surface area contributed by atoms with Gasteiger partial charge in [0.15, 0.2) is 0 Å². The summed E-state index contributed by atoms with van der Waals surface area (Å²) in [6, 6.07) is 5.00. The Morgan fingerprint density at radius 3 is 3.00 bits per heavy atom. The van der Waals surface area contributed by atoms with Gasteiger partial charge in [-0.25, -0.2) is 4.39 Å². The van der Waals surface area contributed by atoms with E-state index in [2.05, 4.69) is 12.2 Å². The predicted octanol–water partition coefficient (Wildman–Crippen LogP) is 3.34. The third kappa shape index (κ3) is 2.27. The highest BCUT2D eigenvalue weighted by atomic mass is 35.5. The Morgan fingerprint density at radius 1 is 1.42 bits per heavy atom. The highest BCUT2D eigenvalue weighted by Crippen LogP contribution is 2.32. The van der Waals surface area contributed by atoms with Gasteiger partial charge in [-0.3, -0.25) is 4.79 Å². The number of amides is 1. The van der Waals surface area contributed by atoms with Crippen molar-refractivity contribution in [3.05, 3.63) is 46.8 Å². The van der Waals surface area contributed by atoms with Crippen LogP contribution in [0.4, 0.5) is 4.39 Å². The van der Waals surface area contributed by atoms with Gasteiger partial charge in [0.2, 0.25) is 5.91 Å². The molecule has 2 atom stereocenters. The average Bonchev–Trinajstić information content (AvgIpc) is 2.64. The van der Waals surface area contributed by atoms with Crippen LogP contribution in [-0.2, 0) is 11.2 Å². The monoisotopic (exact) mass is 279 g/mol. The lowest BCUT2D eigenvalue weighted by molar-refractivity contribution is -0.132. The summed E-state index contributed by atoms with van der Waals surface area (Å²) in [4.78, 5) is 14.3. The van der Waals surface area contributed by atoms with E-state index < -0.39 is 5.82 Å². The molecule has 1 saturated heterocycles. The Kier molecular flexibility index (Phi) is 3.31. The smallest absolute Gasteiger partial charge is 0.227 e. The maximum Gasteiger partial charge on any atom is 0.227 e. The summed E-state index contributed by atoms with van der Waals surface area (Å²) in [5.74, 6) is -0.426. The molecule has 2 aliphatic heterocycles. The second-order valence-corrected chi connectivity index (χ2v) is 5.55. The van der Waals surface area contributed by atoms with Crippen LogP contribution in [0, 0.1) is 5.82 Å². The molecule has 0 aliphatic carbocycles. The molecule has 0 radical (unpaired) electrons. The van der Waals surface area contributed by atoms with Crippen molar-refractivity contribution in [1.82, 2.24) is 4.90 Å². The van der Waals surface area contributed by atoms with Crippen LogP contribution in [0.15, 0.2) is 30.4 Å². The number of hydrogen-bond donors (Lipinski definition) is 0. The molecule has 1 amide bonds. The number of nitrogens with zero attached hydrogens (tertiary/aromatic N) is 1. The molecule has 0 aromatic heterocycles. The highest BCUT2D eigenvalue weighted by Gasteiger charge is 2.37. The molecule has 100 valence electrons. The summed E-state index contributed by atoms with van der Waals surface area (Å²) in [6.07, 6.45) is 7.23. The molecule has 2 heterocycles. The highest BCUT2D eigenvalue weighted by molar-refractivity contribution is 6.31. The standard InChI is InChI=1S/C15H15ClFNO/c16-13-5-2-6-14(17)12(13)9-15(19)18-10-3-1-4-11(18)8-7-10/h1-3,5-6,10-11H,4,7-9H2. The third-order valence-electron chi connectivity index (χ3n) is 3.99. The zero-order valence-corrected chi connectivity index (χ0v) is 11.2. The Balaban J connectivity index is 1.81. The summed E-state index contributed by atoms with van der Waals surface area (Å²) in [5, 5.41) is 0.327. The maximum atomic E-state index is 13.7. The fourth-order valence-electron chi connectivity index (χ4n) is 3.06. The van der Waals surface area contributed by atoms with Crippen LogP contribution in [0.3, 0.4) is 0 Å². The van der Waals surface area contributed by atoms with Gasteiger partial charge < -0.3 is 4.90 Å². The number of fused-ring (bicyclic) bond motifs is 2.